The number of amides is 1. The molecule has 0 bridgehead atoms. The number of nitrogens with zero attached hydrogens (tertiary/aromatic N) is 2. The Hall–Kier alpha value is -1.07. The van der Waals surface area contributed by atoms with Crippen LogP contribution in [0, 0.1) is 11.7 Å². The molecule has 1 amide bonds. The van der Waals surface area contributed by atoms with E-state index in [2.05, 4.69) is 24.5 Å². The molecule has 2 atom stereocenters. The highest BCUT2D eigenvalue weighted by molar-refractivity contribution is 7.80. The Morgan fingerprint density at radius 1 is 1.42 bits per heavy atom. The maximum absolute atomic E-state index is 13.7. The molecule has 1 fully saturated rings. The van der Waals surface area contributed by atoms with E-state index >= 15 is 0 Å². The number of carbonyl (C=O) groups is 1. The molecular weight excluding hydrogens is 263 g/mol. The van der Waals surface area contributed by atoms with E-state index in [0.717, 1.165) is 0 Å². The van der Waals surface area contributed by atoms with E-state index in [1.54, 1.807) is 11.0 Å². The van der Waals surface area contributed by atoms with Crippen LogP contribution in [0.5, 0.6) is 0 Å². The van der Waals surface area contributed by atoms with Gasteiger partial charge in [0.2, 0.25) is 0 Å². The van der Waals surface area contributed by atoms with E-state index < -0.39 is 5.82 Å². The van der Waals surface area contributed by atoms with Crippen molar-refractivity contribution in [2.45, 2.75) is 17.9 Å². The number of carbonyl (C=O) groups excluding carboxylic acids is 1. The number of hydrogen-bond donors (Lipinski definition) is 1. The van der Waals surface area contributed by atoms with Gasteiger partial charge in [-0.2, -0.15) is 0 Å². The molecule has 2 unspecified atom stereocenters. The van der Waals surface area contributed by atoms with Gasteiger partial charge in [-0.1, -0.05) is 6.92 Å². The van der Waals surface area contributed by atoms with Gasteiger partial charge in [0, 0.05) is 24.0 Å². The maximum atomic E-state index is 13.7. The minimum absolute atomic E-state index is 0.110. The molecule has 5 heteroatoms. The van der Waals surface area contributed by atoms with Gasteiger partial charge in [0.15, 0.2) is 0 Å². The van der Waals surface area contributed by atoms with E-state index in [1.807, 2.05) is 14.1 Å². The van der Waals surface area contributed by atoms with Crippen molar-refractivity contribution >= 4 is 18.5 Å². The van der Waals surface area contributed by atoms with Gasteiger partial charge >= 0.3 is 0 Å². The Bertz CT molecular complexity index is 492. The number of halogens is 1. The van der Waals surface area contributed by atoms with Gasteiger partial charge in [-0.3, -0.25) is 4.79 Å². The summed E-state index contributed by atoms with van der Waals surface area (Å²) in [6.45, 7) is 3.42. The van der Waals surface area contributed by atoms with Gasteiger partial charge in [0.05, 0.1) is 5.56 Å². The first-order valence-electron chi connectivity index (χ1n) is 6.34. The van der Waals surface area contributed by atoms with E-state index in [0.29, 0.717) is 29.9 Å². The van der Waals surface area contributed by atoms with Crippen LogP contribution < -0.4 is 0 Å². The maximum Gasteiger partial charge on any atom is 0.256 e. The molecule has 0 saturated carbocycles. The standard InChI is InChI=1S/C14H19FN2OS/c1-9-7-17(8-13(9)16(2)3)14(18)11-6-10(19)4-5-12(11)15/h4-6,9,13,19H,7-8H2,1-3H3. The molecule has 1 aliphatic rings. The predicted molar refractivity (Wildman–Crippen MR) is 76.2 cm³/mol. The molecule has 2 rings (SSSR count). The Balaban J connectivity index is 2.19. The second-order valence-corrected chi connectivity index (χ2v) is 5.90. The lowest BCUT2D eigenvalue weighted by Gasteiger charge is -2.22. The normalized spacial score (nSPS) is 23.2. The fraction of sp³-hybridized carbons (Fsp3) is 0.500. The number of hydrogen-bond acceptors (Lipinski definition) is 3. The monoisotopic (exact) mass is 282 g/mol. The molecule has 0 spiro atoms. The summed E-state index contributed by atoms with van der Waals surface area (Å²) < 4.78 is 13.7. The molecule has 0 radical (unpaired) electrons. The fourth-order valence-corrected chi connectivity index (χ4v) is 2.84. The summed E-state index contributed by atoms with van der Waals surface area (Å²) in [5.74, 6) is -0.338. The zero-order chi connectivity index (χ0) is 14.2. The molecule has 3 nitrogen and oxygen atoms in total. The van der Waals surface area contributed by atoms with Crippen LogP contribution in [0.3, 0.4) is 0 Å². The third kappa shape index (κ3) is 2.92. The lowest BCUT2D eigenvalue weighted by atomic mass is 10.1. The first-order valence-corrected chi connectivity index (χ1v) is 6.79. The van der Waals surface area contributed by atoms with Gasteiger partial charge in [-0.25, -0.2) is 4.39 Å². The smallest absolute Gasteiger partial charge is 0.256 e. The van der Waals surface area contributed by atoms with Crippen molar-refractivity contribution in [2.75, 3.05) is 27.2 Å². The summed E-state index contributed by atoms with van der Waals surface area (Å²) in [4.78, 5) is 16.8. The van der Waals surface area contributed by atoms with Crippen LogP contribution in [0.1, 0.15) is 17.3 Å². The zero-order valence-electron chi connectivity index (χ0n) is 11.4. The molecule has 104 valence electrons. The highest BCUT2D eigenvalue weighted by atomic mass is 32.1. The van der Waals surface area contributed by atoms with Crippen LogP contribution in [0.25, 0.3) is 0 Å². The van der Waals surface area contributed by atoms with Crippen LogP contribution in [-0.2, 0) is 0 Å². The molecule has 1 aromatic rings. The highest BCUT2D eigenvalue weighted by Gasteiger charge is 2.34. The fourth-order valence-electron chi connectivity index (χ4n) is 2.64. The third-order valence-electron chi connectivity index (χ3n) is 3.70. The summed E-state index contributed by atoms with van der Waals surface area (Å²) in [6, 6.07) is 4.66. The summed E-state index contributed by atoms with van der Waals surface area (Å²) in [6.07, 6.45) is 0. The number of likely N-dealkylation sites (tertiary alicyclic amines) is 1. The Labute approximate surface area is 118 Å². The lowest BCUT2D eigenvalue weighted by Crippen LogP contribution is -2.36. The first-order chi connectivity index (χ1) is 8.90. The Morgan fingerprint density at radius 2 is 2.11 bits per heavy atom. The SMILES string of the molecule is CC1CN(C(=O)c2cc(S)ccc2F)CC1N(C)C. The summed E-state index contributed by atoms with van der Waals surface area (Å²) in [5, 5.41) is 0. The summed E-state index contributed by atoms with van der Waals surface area (Å²) in [7, 11) is 4.01. The van der Waals surface area contributed by atoms with Gasteiger partial charge in [0.1, 0.15) is 5.82 Å². The average molecular weight is 282 g/mol. The molecule has 1 saturated heterocycles. The Morgan fingerprint density at radius 3 is 2.68 bits per heavy atom. The van der Waals surface area contributed by atoms with Crippen molar-refractivity contribution < 1.29 is 9.18 Å². The number of benzene rings is 1. The van der Waals surface area contributed by atoms with Crippen LogP contribution in [-0.4, -0.2) is 48.9 Å². The van der Waals surface area contributed by atoms with E-state index in [1.165, 1.54) is 12.1 Å². The summed E-state index contributed by atoms with van der Waals surface area (Å²) >= 11 is 4.16. The van der Waals surface area contributed by atoms with E-state index in [9.17, 15) is 9.18 Å². The van der Waals surface area contributed by atoms with Crippen molar-refractivity contribution in [3.63, 3.8) is 0 Å². The van der Waals surface area contributed by atoms with Gasteiger partial charge in [-0.15, -0.1) is 12.6 Å². The van der Waals surface area contributed by atoms with Crippen LogP contribution in [0.4, 0.5) is 4.39 Å². The number of thiol groups is 1. The molecule has 0 aliphatic carbocycles. The number of likely N-dealkylation sites (N-methyl/N-ethyl adjacent to an activating group) is 1. The minimum Gasteiger partial charge on any atom is -0.337 e. The highest BCUT2D eigenvalue weighted by Crippen LogP contribution is 2.23. The molecule has 19 heavy (non-hydrogen) atoms. The molecule has 0 aromatic heterocycles. The zero-order valence-corrected chi connectivity index (χ0v) is 12.3. The predicted octanol–water partition coefficient (Wildman–Crippen LogP) is 2.14. The van der Waals surface area contributed by atoms with Crippen molar-refractivity contribution in [1.29, 1.82) is 0 Å². The van der Waals surface area contributed by atoms with Crippen LogP contribution in [0.15, 0.2) is 23.1 Å². The van der Waals surface area contributed by atoms with Crippen molar-refractivity contribution in [3.05, 3.63) is 29.6 Å². The van der Waals surface area contributed by atoms with E-state index in [-0.39, 0.29) is 11.5 Å². The van der Waals surface area contributed by atoms with Crippen molar-refractivity contribution in [1.82, 2.24) is 9.80 Å². The number of rotatable bonds is 2. The molecule has 1 heterocycles. The molecule has 1 aliphatic heterocycles. The topological polar surface area (TPSA) is 23.6 Å². The third-order valence-corrected chi connectivity index (χ3v) is 3.98. The van der Waals surface area contributed by atoms with Crippen LogP contribution in [0.2, 0.25) is 0 Å². The second kappa shape index (κ2) is 5.51. The second-order valence-electron chi connectivity index (χ2n) is 5.38. The first kappa shape index (κ1) is 14.3. The Kier molecular flexibility index (Phi) is 4.16. The average Bonchev–Trinajstić information content (AvgIpc) is 2.74. The van der Waals surface area contributed by atoms with E-state index in [4.69, 9.17) is 0 Å². The van der Waals surface area contributed by atoms with Crippen molar-refractivity contribution in [3.8, 4) is 0 Å². The largest absolute Gasteiger partial charge is 0.337 e. The quantitative estimate of drug-likeness (QED) is 0.840. The molecular formula is C14H19FN2OS. The summed E-state index contributed by atoms with van der Waals surface area (Å²) in [5.41, 5.74) is 0.110. The van der Waals surface area contributed by atoms with Gasteiger partial charge < -0.3 is 9.80 Å². The minimum atomic E-state index is -0.483. The van der Waals surface area contributed by atoms with Crippen molar-refractivity contribution in [2.24, 2.45) is 5.92 Å². The lowest BCUT2D eigenvalue weighted by molar-refractivity contribution is 0.0776. The van der Waals surface area contributed by atoms with Gasteiger partial charge in [-0.05, 0) is 38.2 Å². The van der Waals surface area contributed by atoms with Gasteiger partial charge in [0.25, 0.3) is 5.91 Å². The molecule has 0 N–H and O–H groups in total. The van der Waals surface area contributed by atoms with Crippen LogP contribution >= 0.6 is 12.6 Å². The molecule has 1 aromatic carbocycles.